The summed E-state index contributed by atoms with van der Waals surface area (Å²) in [7, 11) is 1.62. The molecule has 2 aromatic carbocycles. The molecule has 0 bridgehead atoms. The van der Waals surface area contributed by atoms with Crippen LogP contribution < -0.4 is 14.8 Å². The van der Waals surface area contributed by atoms with E-state index in [1.807, 2.05) is 51.1 Å². The van der Waals surface area contributed by atoms with E-state index >= 15 is 0 Å². The molecule has 0 saturated carbocycles. The molecular formula is C19H23NO3. The Balaban J connectivity index is 1.89. The molecule has 2 aromatic rings. The van der Waals surface area contributed by atoms with Gasteiger partial charge in [0.1, 0.15) is 18.1 Å². The Bertz CT molecular complexity index is 665. The van der Waals surface area contributed by atoms with Crippen molar-refractivity contribution in [1.29, 1.82) is 0 Å². The Hall–Kier alpha value is -2.49. The first kappa shape index (κ1) is 16.9. The molecule has 0 aliphatic carbocycles. The quantitative estimate of drug-likeness (QED) is 0.888. The minimum absolute atomic E-state index is 0.0915. The van der Waals surface area contributed by atoms with Crippen LogP contribution in [0.2, 0.25) is 0 Å². The van der Waals surface area contributed by atoms with Crippen molar-refractivity contribution in [1.82, 2.24) is 5.32 Å². The van der Waals surface area contributed by atoms with E-state index in [9.17, 15) is 4.79 Å². The molecule has 23 heavy (non-hydrogen) atoms. The molecule has 0 aromatic heterocycles. The molecule has 1 amide bonds. The van der Waals surface area contributed by atoms with Crippen LogP contribution in [0.25, 0.3) is 0 Å². The number of methoxy groups -OCH3 is 1. The first-order valence-corrected chi connectivity index (χ1v) is 7.64. The summed E-state index contributed by atoms with van der Waals surface area (Å²) in [6.07, 6.45) is 0. The number of nitrogens with one attached hydrogen (secondary N) is 1. The minimum atomic E-state index is -0.115. The Morgan fingerprint density at radius 1 is 1.13 bits per heavy atom. The third-order valence-electron chi connectivity index (χ3n) is 3.56. The van der Waals surface area contributed by atoms with Crippen LogP contribution in [0.3, 0.4) is 0 Å². The standard InChI is InChI=1S/C19H23NO3/c1-13-5-8-17(9-6-13)23-12-15(3)20-19(21)16-7-10-18(22-4)14(2)11-16/h5-11,15H,12H2,1-4H3,(H,20,21)/t15-/m1/s1. The average molecular weight is 313 g/mol. The second kappa shape index (κ2) is 7.68. The highest BCUT2D eigenvalue weighted by Crippen LogP contribution is 2.18. The van der Waals surface area contributed by atoms with Crippen molar-refractivity contribution < 1.29 is 14.3 Å². The summed E-state index contributed by atoms with van der Waals surface area (Å²) in [5.41, 5.74) is 2.74. The van der Waals surface area contributed by atoms with Crippen LogP contribution in [-0.4, -0.2) is 25.7 Å². The SMILES string of the molecule is COc1ccc(C(=O)N[C@H](C)COc2ccc(C)cc2)cc1C. The maximum absolute atomic E-state index is 12.3. The number of aryl methyl sites for hydroxylation is 2. The zero-order valence-electron chi connectivity index (χ0n) is 14.1. The number of rotatable bonds is 6. The lowest BCUT2D eigenvalue weighted by molar-refractivity contribution is 0.0926. The fourth-order valence-electron chi connectivity index (χ4n) is 2.22. The molecule has 4 heteroatoms. The molecule has 0 unspecified atom stereocenters. The van der Waals surface area contributed by atoms with Gasteiger partial charge in [0.2, 0.25) is 0 Å². The third kappa shape index (κ3) is 4.74. The second-order valence-electron chi connectivity index (χ2n) is 5.68. The average Bonchev–Trinajstić information content (AvgIpc) is 2.54. The molecule has 122 valence electrons. The van der Waals surface area contributed by atoms with Crippen LogP contribution in [0, 0.1) is 13.8 Å². The fourth-order valence-corrected chi connectivity index (χ4v) is 2.22. The molecule has 0 aliphatic rings. The Kier molecular flexibility index (Phi) is 5.63. The van der Waals surface area contributed by atoms with Crippen LogP contribution in [-0.2, 0) is 0 Å². The van der Waals surface area contributed by atoms with Gasteiger partial charge in [-0.3, -0.25) is 4.79 Å². The monoisotopic (exact) mass is 313 g/mol. The highest BCUT2D eigenvalue weighted by Gasteiger charge is 2.12. The van der Waals surface area contributed by atoms with E-state index in [0.29, 0.717) is 12.2 Å². The molecule has 0 fully saturated rings. The molecule has 2 rings (SSSR count). The lowest BCUT2D eigenvalue weighted by Gasteiger charge is -2.16. The van der Waals surface area contributed by atoms with Gasteiger partial charge in [0.25, 0.3) is 5.91 Å². The fraction of sp³-hybridized carbons (Fsp3) is 0.316. The Labute approximate surface area is 137 Å². The zero-order valence-corrected chi connectivity index (χ0v) is 14.1. The van der Waals surface area contributed by atoms with E-state index in [0.717, 1.165) is 17.1 Å². The summed E-state index contributed by atoms with van der Waals surface area (Å²) in [6.45, 7) is 6.29. The lowest BCUT2D eigenvalue weighted by atomic mass is 10.1. The van der Waals surface area contributed by atoms with Crippen molar-refractivity contribution >= 4 is 5.91 Å². The zero-order chi connectivity index (χ0) is 16.8. The van der Waals surface area contributed by atoms with Crippen molar-refractivity contribution in [3.05, 3.63) is 59.2 Å². The van der Waals surface area contributed by atoms with Gasteiger partial charge in [0, 0.05) is 5.56 Å². The predicted molar refractivity (Wildman–Crippen MR) is 91.3 cm³/mol. The molecule has 0 spiro atoms. The van der Waals surface area contributed by atoms with Crippen LogP contribution in [0.1, 0.15) is 28.4 Å². The number of ether oxygens (including phenoxy) is 2. The smallest absolute Gasteiger partial charge is 0.251 e. The van der Waals surface area contributed by atoms with E-state index in [2.05, 4.69) is 5.32 Å². The van der Waals surface area contributed by atoms with Crippen molar-refractivity contribution in [3.63, 3.8) is 0 Å². The Morgan fingerprint density at radius 3 is 2.43 bits per heavy atom. The van der Waals surface area contributed by atoms with E-state index in [1.165, 1.54) is 5.56 Å². The van der Waals surface area contributed by atoms with Gasteiger partial charge in [-0.25, -0.2) is 0 Å². The highest BCUT2D eigenvalue weighted by molar-refractivity contribution is 5.94. The van der Waals surface area contributed by atoms with Crippen LogP contribution in [0.15, 0.2) is 42.5 Å². The first-order valence-electron chi connectivity index (χ1n) is 7.64. The van der Waals surface area contributed by atoms with Gasteiger partial charge in [0.05, 0.1) is 13.2 Å². The van der Waals surface area contributed by atoms with Crippen molar-refractivity contribution in [2.75, 3.05) is 13.7 Å². The number of benzene rings is 2. The van der Waals surface area contributed by atoms with Gasteiger partial charge in [-0.1, -0.05) is 17.7 Å². The summed E-state index contributed by atoms with van der Waals surface area (Å²) in [4.78, 5) is 12.3. The molecule has 0 radical (unpaired) electrons. The number of hydrogen-bond donors (Lipinski definition) is 1. The molecule has 1 atom stereocenters. The van der Waals surface area contributed by atoms with E-state index in [4.69, 9.17) is 9.47 Å². The maximum atomic E-state index is 12.3. The minimum Gasteiger partial charge on any atom is -0.496 e. The number of carbonyl (C=O) groups is 1. The maximum Gasteiger partial charge on any atom is 0.251 e. The molecular weight excluding hydrogens is 290 g/mol. The summed E-state index contributed by atoms with van der Waals surface area (Å²) in [5.74, 6) is 1.46. The molecule has 1 N–H and O–H groups in total. The van der Waals surface area contributed by atoms with Gasteiger partial charge in [-0.2, -0.15) is 0 Å². The molecule has 0 aliphatic heterocycles. The summed E-state index contributed by atoms with van der Waals surface area (Å²) in [5, 5.41) is 2.94. The predicted octanol–water partition coefficient (Wildman–Crippen LogP) is 3.51. The normalized spacial score (nSPS) is 11.7. The third-order valence-corrected chi connectivity index (χ3v) is 3.56. The van der Waals surface area contributed by atoms with Gasteiger partial charge in [-0.05, 0) is 56.7 Å². The Morgan fingerprint density at radius 2 is 1.83 bits per heavy atom. The number of amides is 1. The van der Waals surface area contributed by atoms with E-state index in [-0.39, 0.29) is 11.9 Å². The second-order valence-corrected chi connectivity index (χ2v) is 5.68. The lowest BCUT2D eigenvalue weighted by Crippen LogP contribution is -2.36. The van der Waals surface area contributed by atoms with Crippen molar-refractivity contribution in [3.8, 4) is 11.5 Å². The summed E-state index contributed by atoms with van der Waals surface area (Å²) >= 11 is 0. The van der Waals surface area contributed by atoms with Crippen molar-refractivity contribution in [2.24, 2.45) is 0 Å². The number of carbonyl (C=O) groups excluding carboxylic acids is 1. The summed E-state index contributed by atoms with van der Waals surface area (Å²) < 4.78 is 10.9. The van der Waals surface area contributed by atoms with Crippen LogP contribution in [0.4, 0.5) is 0 Å². The highest BCUT2D eigenvalue weighted by atomic mass is 16.5. The van der Waals surface area contributed by atoms with E-state index < -0.39 is 0 Å². The molecule has 0 saturated heterocycles. The summed E-state index contributed by atoms with van der Waals surface area (Å²) in [6, 6.07) is 13.1. The number of hydrogen-bond acceptors (Lipinski definition) is 3. The molecule has 4 nitrogen and oxygen atoms in total. The topological polar surface area (TPSA) is 47.6 Å². The van der Waals surface area contributed by atoms with E-state index in [1.54, 1.807) is 19.2 Å². The van der Waals surface area contributed by atoms with Gasteiger partial charge in [0.15, 0.2) is 0 Å². The first-order chi connectivity index (χ1) is 11.0. The van der Waals surface area contributed by atoms with Gasteiger partial charge in [-0.15, -0.1) is 0 Å². The van der Waals surface area contributed by atoms with Crippen LogP contribution >= 0.6 is 0 Å². The van der Waals surface area contributed by atoms with Crippen LogP contribution in [0.5, 0.6) is 11.5 Å². The van der Waals surface area contributed by atoms with Gasteiger partial charge >= 0.3 is 0 Å². The largest absolute Gasteiger partial charge is 0.496 e. The van der Waals surface area contributed by atoms with Gasteiger partial charge < -0.3 is 14.8 Å². The molecule has 0 heterocycles. The van der Waals surface area contributed by atoms with Crippen molar-refractivity contribution in [2.45, 2.75) is 26.8 Å².